The lowest BCUT2D eigenvalue weighted by Gasteiger charge is -2.31. The summed E-state index contributed by atoms with van der Waals surface area (Å²) in [6, 6.07) is 6.90. The van der Waals surface area contributed by atoms with Gasteiger partial charge in [0.05, 0.1) is 7.11 Å². The molecule has 0 bridgehead atoms. The van der Waals surface area contributed by atoms with Gasteiger partial charge in [0.15, 0.2) is 0 Å². The molecule has 0 spiro atoms. The predicted octanol–water partition coefficient (Wildman–Crippen LogP) is 0.818. The van der Waals surface area contributed by atoms with Crippen LogP contribution in [0.2, 0.25) is 0 Å². The summed E-state index contributed by atoms with van der Waals surface area (Å²) in [7, 11) is 1.58. The smallest absolute Gasteiger partial charge is 0.251 e. The number of carbonyl (C=O) groups is 2. The van der Waals surface area contributed by atoms with Crippen LogP contribution in [-0.2, 0) is 4.79 Å². The molecule has 23 heavy (non-hydrogen) atoms. The molecule has 3 N–H and O–H groups in total. The van der Waals surface area contributed by atoms with Crippen LogP contribution < -0.4 is 20.7 Å². The van der Waals surface area contributed by atoms with Crippen LogP contribution in [0.5, 0.6) is 5.75 Å². The molecule has 7 heteroatoms. The van der Waals surface area contributed by atoms with Crippen LogP contribution in [0.4, 0.5) is 0 Å². The largest absolute Gasteiger partial charge is 0.497 e. The first-order valence-corrected chi connectivity index (χ1v) is 7.52. The van der Waals surface area contributed by atoms with Gasteiger partial charge in [0, 0.05) is 24.6 Å². The SMILES string of the molecule is COc1ccc(C(=O)NCCNC(=O)C(C)C2CNC2)cc1.Cl. The molecular formula is C16H24ClN3O3. The molecule has 128 valence electrons. The molecule has 1 saturated heterocycles. The van der Waals surface area contributed by atoms with Crippen molar-refractivity contribution in [3.05, 3.63) is 29.8 Å². The van der Waals surface area contributed by atoms with Crippen molar-refractivity contribution in [3.63, 3.8) is 0 Å². The number of hydrogen-bond acceptors (Lipinski definition) is 4. The maximum Gasteiger partial charge on any atom is 0.251 e. The number of nitrogens with one attached hydrogen (secondary N) is 3. The van der Waals surface area contributed by atoms with E-state index in [4.69, 9.17) is 4.74 Å². The van der Waals surface area contributed by atoms with Crippen molar-refractivity contribution in [1.29, 1.82) is 0 Å². The van der Waals surface area contributed by atoms with Crippen molar-refractivity contribution < 1.29 is 14.3 Å². The summed E-state index contributed by atoms with van der Waals surface area (Å²) < 4.78 is 5.05. The topological polar surface area (TPSA) is 79.5 Å². The van der Waals surface area contributed by atoms with Gasteiger partial charge in [-0.15, -0.1) is 12.4 Å². The number of halogens is 1. The van der Waals surface area contributed by atoms with Crippen molar-refractivity contribution >= 4 is 24.2 Å². The van der Waals surface area contributed by atoms with Gasteiger partial charge in [0.25, 0.3) is 5.91 Å². The third kappa shape index (κ3) is 5.41. The molecule has 1 heterocycles. The maximum absolute atomic E-state index is 11.9. The Kier molecular flexibility index (Phi) is 7.85. The number of rotatable bonds is 7. The fraction of sp³-hybridized carbons (Fsp3) is 0.500. The fourth-order valence-electron chi connectivity index (χ4n) is 2.25. The summed E-state index contributed by atoms with van der Waals surface area (Å²) >= 11 is 0. The van der Waals surface area contributed by atoms with E-state index >= 15 is 0 Å². The van der Waals surface area contributed by atoms with Crippen LogP contribution in [0, 0.1) is 11.8 Å². The van der Waals surface area contributed by atoms with Gasteiger partial charge in [-0.25, -0.2) is 0 Å². The Bertz CT molecular complexity index is 518. The summed E-state index contributed by atoms with van der Waals surface area (Å²) in [5.41, 5.74) is 0.570. The van der Waals surface area contributed by atoms with E-state index in [0.717, 1.165) is 13.1 Å². The monoisotopic (exact) mass is 341 g/mol. The molecule has 1 aromatic carbocycles. The van der Waals surface area contributed by atoms with Crippen molar-refractivity contribution in [2.45, 2.75) is 6.92 Å². The Morgan fingerprint density at radius 1 is 1.22 bits per heavy atom. The highest BCUT2D eigenvalue weighted by atomic mass is 35.5. The van der Waals surface area contributed by atoms with Gasteiger partial charge >= 0.3 is 0 Å². The first-order chi connectivity index (χ1) is 10.6. The van der Waals surface area contributed by atoms with Crippen LogP contribution >= 0.6 is 12.4 Å². The lowest BCUT2D eigenvalue weighted by Crippen LogP contribution is -2.50. The van der Waals surface area contributed by atoms with E-state index < -0.39 is 0 Å². The van der Waals surface area contributed by atoms with Crippen LogP contribution in [0.25, 0.3) is 0 Å². The number of amides is 2. The van der Waals surface area contributed by atoms with E-state index in [9.17, 15) is 9.59 Å². The van der Waals surface area contributed by atoms with Gasteiger partial charge in [0.1, 0.15) is 5.75 Å². The molecule has 1 aliphatic rings. The molecule has 6 nitrogen and oxygen atoms in total. The summed E-state index contributed by atoms with van der Waals surface area (Å²) in [6.07, 6.45) is 0. The summed E-state index contributed by atoms with van der Waals surface area (Å²) in [5, 5.41) is 8.80. The number of carbonyl (C=O) groups excluding carboxylic acids is 2. The summed E-state index contributed by atoms with van der Waals surface area (Å²) in [4.78, 5) is 23.8. The predicted molar refractivity (Wildman–Crippen MR) is 91.1 cm³/mol. The van der Waals surface area contributed by atoms with Gasteiger partial charge in [0.2, 0.25) is 5.91 Å². The number of methoxy groups -OCH3 is 1. The second-order valence-corrected chi connectivity index (χ2v) is 5.48. The molecule has 1 atom stereocenters. The Labute approximate surface area is 142 Å². The highest BCUT2D eigenvalue weighted by Gasteiger charge is 2.28. The minimum absolute atomic E-state index is 0. The van der Waals surface area contributed by atoms with Gasteiger partial charge < -0.3 is 20.7 Å². The van der Waals surface area contributed by atoms with Crippen LogP contribution in [0.15, 0.2) is 24.3 Å². The summed E-state index contributed by atoms with van der Waals surface area (Å²) in [5.74, 6) is 1.04. The van der Waals surface area contributed by atoms with Crippen LogP contribution in [0.3, 0.4) is 0 Å². The summed E-state index contributed by atoms with van der Waals surface area (Å²) in [6.45, 7) is 4.60. The zero-order valence-electron chi connectivity index (χ0n) is 13.4. The Hall–Kier alpha value is -1.79. The third-order valence-corrected chi connectivity index (χ3v) is 4.00. The number of hydrogen-bond donors (Lipinski definition) is 3. The van der Waals surface area contributed by atoms with Crippen LogP contribution in [-0.4, -0.2) is 45.1 Å². The average molecular weight is 342 g/mol. The number of benzene rings is 1. The first kappa shape index (κ1) is 19.3. The molecule has 0 radical (unpaired) electrons. The van der Waals surface area contributed by atoms with E-state index in [1.807, 2.05) is 6.92 Å². The molecule has 1 unspecified atom stereocenters. The molecule has 2 amide bonds. The van der Waals surface area contributed by atoms with Crippen LogP contribution in [0.1, 0.15) is 17.3 Å². The lowest BCUT2D eigenvalue weighted by atomic mass is 9.88. The van der Waals surface area contributed by atoms with E-state index in [-0.39, 0.29) is 30.1 Å². The fourth-order valence-corrected chi connectivity index (χ4v) is 2.25. The van der Waals surface area contributed by atoms with Gasteiger partial charge in [-0.2, -0.15) is 0 Å². The van der Waals surface area contributed by atoms with E-state index in [1.165, 1.54) is 0 Å². The third-order valence-electron chi connectivity index (χ3n) is 4.00. The molecule has 1 aliphatic heterocycles. The Morgan fingerprint density at radius 3 is 2.35 bits per heavy atom. The molecule has 2 rings (SSSR count). The number of ether oxygens (including phenoxy) is 1. The second-order valence-electron chi connectivity index (χ2n) is 5.48. The minimum atomic E-state index is -0.159. The maximum atomic E-state index is 11.9. The van der Waals surface area contributed by atoms with E-state index in [2.05, 4.69) is 16.0 Å². The normalized spacial score (nSPS) is 14.9. The van der Waals surface area contributed by atoms with Crippen molar-refractivity contribution in [1.82, 2.24) is 16.0 Å². The molecule has 0 aromatic heterocycles. The highest BCUT2D eigenvalue weighted by Crippen LogP contribution is 2.15. The van der Waals surface area contributed by atoms with Gasteiger partial charge in [-0.1, -0.05) is 6.92 Å². The Balaban J connectivity index is 0.00000264. The molecule has 1 fully saturated rings. The highest BCUT2D eigenvalue weighted by molar-refractivity contribution is 5.94. The molecule has 0 saturated carbocycles. The zero-order valence-corrected chi connectivity index (χ0v) is 14.2. The van der Waals surface area contributed by atoms with Gasteiger partial charge in [-0.3, -0.25) is 9.59 Å². The zero-order chi connectivity index (χ0) is 15.9. The average Bonchev–Trinajstić information content (AvgIpc) is 2.49. The Morgan fingerprint density at radius 2 is 1.83 bits per heavy atom. The molecule has 1 aromatic rings. The first-order valence-electron chi connectivity index (χ1n) is 7.52. The van der Waals surface area contributed by atoms with E-state index in [1.54, 1.807) is 31.4 Å². The standard InChI is InChI=1S/C16H23N3O3.ClH/c1-11(13-9-17-10-13)15(20)18-7-8-19-16(21)12-3-5-14(22-2)6-4-12;/h3-6,11,13,17H,7-10H2,1-2H3,(H,18,20)(H,19,21);1H. The minimum Gasteiger partial charge on any atom is -0.497 e. The lowest BCUT2D eigenvalue weighted by molar-refractivity contribution is -0.126. The van der Waals surface area contributed by atoms with E-state index in [0.29, 0.717) is 30.3 Å². The second kappa shape index (κ2) is 9.37. The quantitative estimate of drug-likeness (QED) is 0.641. The van der Waals surface area contributed by atoms with Crippen molar-refractivity contribution in [2.75, 3.05) is 33.3 Å². The van der Waals surface area contributed by atoms with Crippen molar-refractivity contribution in [3.8, 4) is 5.75 Å². The van der Waals surface area contributed by atoms with Crippen molar-refractivity contribution in [2.24, 2.45) is 11.8 Å². The van der Waals surface area contributed by atoms with Gasteiger partial charge in [-0.05, 0) is 43.3 Å². The molecular weight excluding hydrogens is 318 g/mol. The molecule has 0 aliphatic carbocycles.